The molecule has 2 aromatic rings. The second kappa shape index (κ2) is 8.43. The van der Waals surface area contributed by atoms with E-state index in [1.54, 1.807) is 7.11 Å². The van der Waals surface area contributed by atoms with Crippen molar-refractivity contribution in [2.24, 2.45) is 5.92 Å². The van der Waals surface area contributed by atoms with Gasteiger partial charge < -0.3 is 14.6 Å². The van der Waals surface area contributed by atoms with Crippen LogP contribution in [0.2, 0.25) is 0 Å². The molecule has 1 unspecified atom stereocenters. The lowest BCUT2D eigenvalue weighted by molar-refractivity contribution is -0.115. The highest BCUT2D eigenvalue weighted by molar-refractivity contribution is 8.00. The fraction of sp³-hybridized carbons (Fsp3) is 0.474. The van der Waals surface area contributed by atoms with E-state index in [1.165, 1.54) is 11.8 Å². The number of thioether (sulfide) groups is 1. The molecular formula is C19H27N3O2S. The van der Waals surface area contributed by atoms with Crippen LogP contribution in [0.15, 0.2) is 29.4 Å². The molecule has 1 atom stereocenters. The third-order valence-electron chi connectivity index (χ3n) is 3.99. The summed E-state index contributed by atoms with van der Waals surface area (Å²) in [7, 11) is 1.59. The molecule has 5 nitrogen and oxygen atoms in total. The molecule has 1 aromatic carbocycles. The van der Waals surface area contributed by atoms with Gasteiger partial charge in [-0.2, -0.15) is 0 Å². The topological polar surface area (TPSA) is 56.1 Å². The Morgan fingerprint density at radius 1 is 1.28 bits per heavy atom. The normalized spacial score (nSPS) is 12.3. The fourth-order valence-electron chi connectivity index (χ4n) is 2.49. The van der Waals surface area contributed by atoms with E-state index in [-0.39, 0.29) is 11.2 Å². The highest BCUT2D eigenvalue weighted by Crippen LogP contribution is 2.28. The number of hydrogen-bond acceptors (Lipinski definition) is 4. The number of aromatic nitrogens is 2. The summed E-state index contributed by atoms with van der Waals surface area (Å²) >= 11 is 1.49. The molecule has 0 bridgehead atoms. The number of imidazole rings is 1. The molecule has 6 heteroatoms. The molecule has 0 saturated carbocycles. The van der Waals surface area contributed by atoms with Crippen molar-refractivity contribution in [1.82, 2.24) is 9.55 Å². The molecule has 0 aliphatic heterocycles. The van der Waals surface area contributed by atoms with Gasteiger partial charge in [-0.1, -0.05) is 37.7 Å². The predicted molar refractivity (Wildman–Crippen MR) is 103 cm³/mol. The predicted octanol–water partition coefficient (Wildman–Crippen LogP) is 4.28. The third kappa shape index (κ3) is 4.78. The minimum absolute atomic E-state index is 0.0658. The molecule has 0 aliphatic carbocycles. The molecule has 0 radical (unpaired) electrons. The minimum atomic E-state index is -0.267. The van der Waals surface area contributed by atoms with Crippen LogP contribution >= 0.6 is 11.8 Å². The maximum Gasteiger partial charge on any atom is 0.237 e. The van der Waals surface area contributed by atoms with E-state index in [0.29, 0.717) is 17.4 Å². The number of aryl methyl sites for hydroxylation is 1. The average Bonchev–Trinajstić information content (AvgIpc) is 2.82. The first-order valence-corrected chi connectivity index (χ1v) is 9.35. The Morgan fingerprint density at radius 2 is 1.96 bits per heavy atom. The second-order valence-corrected chi connectivity index (χ2v) is 7.83. The summed E-state index contributed by atoms with van der Waals surface area (Å²) in [6.45, 7) is 11.2. The minimum Gasteiger partial charge on any atom is -0.495 e. The van der Waals surface area contributed by atoms with E-state index in [2.05, 4.69) is 35.6 Å². The van der Waals surface area contributed by atoms with E-state index in [1.807, 2.05) is 38.1 Å². The highest BCUT2D eigenvalue weighted by Gasteiger charge is 2.21. The van der Waals surface area contributed by atoms with Gasteiger partial charge >= 0.3 is 0 Å². The van der Waals surface area contributed by atoms with Crippen molar-refractivity contribution in [3.05, 3.63) is 35.7 Å². The van der Waals surface area contributed by atoms with Crippen LogP contribution in [0.5, 0.6) is 5.75 Å². The van der Waals surface area contributed by atoms with Crippen molar-refractivity contribution in [3.63, 3.8) is 0 Å². The zero-order chi connectivity index (χ0) is 18.6. The molecule has 1 amide bonds. The van der Waals surface area contributed by atoms with Gasteiger partial charge in [-0.25, -0.2) is 4.98 Å². The van der Waals surface area contributed by atoms with Gasteiger partial charge in [0, 0.05) is 12.2 Å². The second-order valence-electron chi connectivity index (χ2n) is 6.52. The smallest absolute Gasteiger partial charge is 0.237 e. The molecular weight excluding hydrogens is 334 g/mol. The average molecular weight is 362 g/mol. The molecule has 2 rings (SSSR count). The molecule has 0 spiro atoms. The Morgan fingerprint density at radius 3 is 2.60 bits per heavy atom. The number of benzene rings is 1. The Balaban J connectivity index is 2.12. The number of nitrogens with zero attached hydrogens (tertiary/aromatic N) is 2. The van der Waals surface area contributed by atoms with E-state index in [0.717, 1.165) is 23.1 Å². The van der Waals surface area contributed by atoms with Gasteiger partial charge in [0.05, 0.1) is 23.7 Å². The number of anilines is 1. The van der Waals surface area contributed by atoms with Gasteiger partial charge in [0.25, 0.3) is 0 Å². The molecule has 1 N–H and O–H groups in total. The van der Waals surface area contributed by atoms with E-state index in [4.69, 9.17) is 4.74 Å². The quantitative estimate of drug-likeness (QED) is 0.748. The van der Waals surface area contributed by atoms with Crippen molar-refractivity contribution in [1.29, 1.82) is 0 Å². The molecule has 0 fully saturated rings. The standard InChI is InChI=1S/C19H27N3O2S/c1-12(2)11-22-14(4)13(3)20-19(22)25-15(5)18(23)21-16-9-7-8-10-17(16)24-6/h7-10,12,15H,11H2,1-6H3,(H,21,23). The molecule has 25 heavy (non-hydrogen) atoms. The number of methoxy groups -OCH3 is 1. The van der Waals surface area contributed by atoms with Crippen molar-refractivity contribution in [2.45, 2.75) is 51.6 Å². The van der Waals surface area contributed by atoms with E-state index >= 15 is 0 Å². The molecule has 0 saturated heterocycles. The molecule has 1 aromatic heterocycles. The number of amides is 1. The zero-order valence-corrected chi connectivity index (χ0v) is 16.6. The van der Waals surface area contributed by atoms with E-state index < -0.39 is 0 Å². The number of carbonyl (C=O) groups is 1. The van der Waals surface area contributed by atoms with Crippen molar-refractivity contribution < 1.29 is 9.53 Å². The number of ether oxygens (including phenoxy) is 1. The first kappa shape index (κ1) is 19.4. The lowest BCUT2D eigenvalue weighted by Crippen LogP contribution is -2.23. The number of carbonyl (C=O) groups excluding carboxylic acids is 1. The van der Waals surface area contributed by atoms with Crippen LogP contribution in [-0.4, -0.2) is 27.8 Å². The SMILES string of the molecule is COc1ccccc1NC(=O)C(C)Sc1nc(C)c(C)n1CC(C)C. The van der Waals surface area contributed by atoms with Gasteiger partial charge in [-0.05, 0) is 38.8 Å². The number of hydrogen-bond donors (Lipinski definition) is 1. The van der Waals surface area contributed by atoms with Crippen molar-refractivity contribution >= 4 is 23.4 Å². The fourth-order valence-corrected chi connectivity index (χ4v) is 3.50. The van der Waals surface area contributed by atoms with Gasteiger partial charge in [0.1, 0.15) is 5.75 Å². The summed E-state index contributed by atoms with van der Waals surface area (Å²) < 4.78 is 7.49. The summed E-state index contributed by atoms with van der Waals surface area (Å²) in [6, 6.07) is 7.41. The van der Waals surface area contributed by atoms with Crippen LogP contribution in [0, 0.1) is 19.8 Å². The maximum atomic E-state index is 12.6. The van der Waals surface area contributed by atoms with Crippen LogP contribution in [0.25, 0.3) is 0 Å². The highest BCUT2D eigenvalue weighted by atomic mass is 32.2. The van der Waals surface area contributed by atoms with E-state index in [9.17, 15) is 4.79 Å². The van der Waals surface area contributed by atoms with Crippen LogP contribution in [0.4, 0.5) is 5.69 Å². The lowest BCUT2D eigenvalue weighted by Gasteiger charge is -2.16. The van der Waals surface area contributed by atoms with Crippen molar-refractivity contribution in [2.75, 3.05) is 12.4 Å². The Bertz CT molecular complexity index is 740. The van der Waals surface area contributed by atoms with Gasteiger partial charge in [-0.3, -0.25) is 4.79 Å². The number of rotatable bonds is 7. The Labute approximate surface area is 154 Å². The summed E-state index contributed by atoms with van der Waals surface area (Å²) in [5.74, 6) is 1.11. The Kier molecular flexibility index (Phi) is 6.53. The summed E-state index contributed by atoms with van der Waals surface area (Å²) in [5.41, 5.74) is 2.86. The van der Waals surface area contributed by atoms with Crippen LogP contribution < -0.4 is 10.1 Å². The van der Waals surface area contributed by atoms with Crippen LogP contribution in [0.3, 0.4) is 0 Å². The van der Waals surface area contributed by atoms with Gasteiger partial charge in [0.15, 0.2) is 5.16 Å². The molecule has 136 valence electrons. The first-order valence-electron chi connectivity index (χ1n) is 8.47. The first-order chi connectivity index (χ1) is 11.8. The maximum absolute atomic E-state index is 12.6. The van der Waals surface area contributed by atoms with Gasteiger partial charge in [0.2, 0.25) is 5.91 Å². The van der Waals surface area contributed by atoms with Crippen LogP contribution in [-0.2, 0) is 11.3 Å². The summed E-state index contributed by atoms with van der Waals surface area (Å²) in [5, 5.41) is 3.57. The van der Waals surface area contributed by atoms with Gasteiger partial charge in [-0.15, -0.1) is 0 Å². The lowest BCUT2D eigenvalue weighted by atomic mass is 10.2. The Hall–Kier alpha value is -1.95. The zero-order valence-electron chi connectivity index (χ0n) is 15.8. The summed E-state index contributed by atoms with van der Waals surface area (Å²) in [4.78, 5) is 17.2. The van der Waals surface area contributed by atoms with Crippen LogP contribution in [0.1, 0.15) is 32.2 Å². The summed E-state index contributed by atoms with van der Waals surface area (Å²) in [6.07, 6.45) is 0. The van der Waals surface area contributed by atoms with Crippen molar-refractivity contribution in [3.8, 4) is 5.75 Å². The molecule has 1 heterocycles. The third-order valence-corrected chi connectivity index (χ3v) is 5.08. The largest absolute Gasteiger partial charge is 0.495 e. The number of para-hydroxylation sites is 2. The number of nitrogens with one attached hydrogen (secondary N) is 1. The molecule has 0 aliphatic rings. The monoisotopic (exact) mass is 361 g/mol.